The van der Waals surface area contributed by atoms with E-state index in [0.717, 1.165) is 51.5 Å². The first-order valence-electron chi connectivity index (χ1n) is 10.0. The minimum Gasteiger partial charge on any atom is -0.355 e. The van der Waals surface area contributed by atoms with Crippen LogP contribution in [-0.4, -0.2) is 55.0 Å². The third kappa shape index (κ3) is 5.26. The predicted molar refractivity (Wildman–Crippen MR) is 102 cm³/mol. The quantitative estimate of drug-likeness (QED) is 0.825. The molecule has 27 heavy (non-hydrogen) atoms. The molecule has 1 atom stereocenters. The van der Waals surface area contributed by atoms with E-state index in [2.05, 4.69) is 29.0 Å². The Morgan fingerprint density at radius 1 is 1.19 bits per heavy atom. The number of benzene rings is 1. The van der Waals surface area contributed by atoms with Crippen molar-refractivity contribution >= 4 is 5.91 Å². The molecule has 2 aliphatic heterocycles. The molecule has 0 aliphatic carbocycles. The first kappa shape index (κ1) is 20.2. The van der Waals surface area contributed by atoms with Crippen molar-refractivity contribution in [2.24, 2.45) is 11.3 Å². The van der Waals surface area contributed by atoms with Crippen LogP contribution in [0.4, 0.5) is 8.78 Å². The normalized spacial score (nSPS) is 24.0. The Balaban J connectivity index is 1.54. The molecule has 1 amide bonds. The third-order valence-electron chi connectivity index (χ3n) is 5.76. The molecule has 1 N–H and O–H groups in total. The lowest BCUT2D eigenvalue weighted by molar-refractivity contribution is -0.122. The number of nitrogens with zero attached hydrogens (tertiary/aromatic N) is 2. The van der Waals surface area contributed by atoms with E-state index in [9.17, 15) is 13.6 Å². The highest BCUT2D eigenvalue weighted by Gasteiger charge is 2.41. The maximum atomic E-state index is 14.0. The largest absolute Gasteiger partial charge is 0.355 e. The fourth-order valence-corrected chi connectivity index (χ4v) is 4.43. The minimum atomic E-state index is -0.779. The van der Waals surface area contributed by atoms with Crippen molar-refractivity contribution in [2.75, 3.05) is 39.3 Å². The second-order valence-electron chi connectivity index (χ2n) is 8.69. The Labute approximate surface area is 160 Å². The molecule has 2 saturated heterocycles. The number of hydrogen-bond donors (Lipinski definition) is 1. The Kier molecular flexibility index (Phi) is 6.48. The zero-order valence-electron chi connectivity index (χ0n) is 16.4. The standard InChI is InChI=1S/C21H31F2N3O/c1-16(2)11-24-19(27)13-26-10-8-21(15-26)7-4-9-25(14-21)12-17-5-3-6-18(22)20(17)23/h3,5-6,16H,4,7-15H2,1-2H3,(H,24,27)/t21-/m1/s1. The van der Waals surface area contributed by atoms with Crippen molar-refractivity contribution in [1.82, 2.24) is 15.1 Å². The number of carbonyl (C=O) groups is 1. The molecule has 1 aromatic rings. The fraction of sp³-hybridized carbons (Fsp3) is 0.667. The van der Waals surface area contributed by atoms with Crippen LogP contribution in [0.5, 0.6) is 0 Å². The van der Waals surface area contributed by atoms with Gasteiger partial charge in [-0.2, -0.15) is 0 Å². The van der Waals surface area contributed by atoms with Crippen LogP contribution in [0.1, 0.15) is 38.7 Å². The maximum Gasteiger partial charge on any atom is 0.234 e. The molecule has 0 unspecified atom stereocenters. The summed E-state index contributed by atoms with van der Waals surface area (Å²) in [5, 5.41) is 2.99. The maximum absolute atomic E-state index is 14.0. The number of likely N-dealkylation sites (tertiary alicyclic amines) is 2. The number of amides is 1. The van der Waals surface area contributed by atoms with Crippen LogP contribution < -0.4 is 5.32 Å². The summed E-state index contributed by atoms with van der Waals surface area (Å²) < 4.78 is 27.5. The Bertz CT molecular complexity index is 667. The van der Waals surface area contributed by atoms with Crippen LogP contribution >= 0.6 is 0 Å². The van der Waals surface area contributed by atoms with Crippen LogP contribution in [-0.2, 0) is 11.3 Å². The summed E-state index contributed by atoms with van der Waals surface area (Å²) in [5.74, 6) is -0.963. The number of nitrogens with one attached hydrogen (secondary N) is 1. The van der Waals surface area contributed by atoms with E-state index in [1.807, 2.05) is 0 Å². The summed E-state index contributed by atoms with van der Waals surface area (Å²) in [6, 6.07) is 4.40. The van der Waals surface area contributed by atoms with E-state index in [4.69, 9.17) is 0 Å². The molecule has 6 heteroatoms. The number of hydrogen-bond acceptors (Lipinski definition) is 3. The Morgan fingerprint density at radius 3 is 2.74 bits per heavy atom. The molecule has 3 rings (SSSR count). The van der Waals surface area contributed by atoms with Gasteiger partial charge in [0.1, 0.15) is 0 Å². The molecule has 2 aliphatic rings. The average molecular weight is 379 g/mol. The van der Waals surface area contributed by atoms with E-state index in [0.29, 0.717) is 31.1 Å². The van der Waals surface area contributed by atoms with Gasteiger partial charge in [0.15, 0.2) is 11.6 Å². The highest BCUT2D eigenvalue weighted by molar-refractivity contribution is 5.78. The smallest absolute Gasteiger partial charge is 0.234 e. The van der Waals surface area contributed by atoms with Gasteiger partial charge < -0.3 is 5.32 Å². The molecular weight excluding hydrogens is 348 g/mol. The van der Waals surface area contributed by atoms with Crippen molar-refractivity contribution < 1.29 is 13.6 Å². The van der Waals surface area contributed by atoms with E-state index >= 15 is 0 Å². The van der Waals surface area contributed by atoms with Crippen LogP contribution in [0.2, 0.25) is 0 Å². The first-order valence-corrected chi connectivity index (χ1v) is 10.0. The van der Waals surface area contributed by atoms with Crippen molar-refractivity contribution in [3.8, 4) is 0 Å². The number of rotatable bonds is 6. The highest BCUT2D eigenvalue weighted by atomic mass is 19.2. The molecule has 4 nitrogen and oxygen atoms in total. The summed E-state index contributed by atoms with van der Waals surface area (Å²) in [6.45, 7) is 9.41. The van der Waals surface area contributed by atoms with Crippen LogP contribution in [0.15, 0.2) is 18.2 Å². The van der Waals surface area contributed by atoms with E-state index in [1.165, 1.54) is 0 Å². The van der Waals surface area contributed by atoms with Gasteiger partial charge in [0.05, 0.1) is 6.54 Å². The molecule has 2 heterocycles. The fourth-order valence-electron chi connectivity index (χ4n) is 4.43. The summed E-state index contributed by atoms with van der Waals surface area (Å²) in [5.41, 5.74) is 0.593. The van der Waals surface area contributed by atoms with Gasteiger partial charge in [0.25, 0.3) is 0 Å². The Morgan fingerprint density at radius 2 is 1.96 bits per heavy atom. The van der Waals surface area contributed by atoms with Gasteiger partial charge in [-0.15, -0.1) is 0 Å². The Hall–Kier alpha value is -1.53. The minimum absolute atomic E-state index is 0.0928. The summed E-state index contributed by atoms with van der Waals surface area (Å²) >= 11 is 0. The van der Waals surface area contributed by atoms with Gasteiger partial charge >= 0.3 is 0 Å². The van der Waals surface area contributed by atoms with Crippen LogP contribution in [0, 0.1) is 23.0 Å². The lowest BCUT2D eigenvalue weighted by atomic mass is 9.79. The lowest BCUT2D eigenvalue weighted by Crippen LogP contribution is -2.45. The average Bonchev–Trinajstić information content (AvgIpc) is 2.99. The van der Waals surface area contributed by atoms with E-state index < -0.39 is 11.6 Å². The monoisotopic (exact) mass is 379 g/mol. The molecule has 0 aromatic heterocycles. The highest BCUT2D eigenvalue weighted by Crippen LogP contribution is 2.39. The molecule has 0 saturated carbocycles. The van der Waals surface area contributed by atoms with Crippen LogP contribution in [0.25, 0.3) is 0 Å². The first-order chi connectivity index (χ1) is 12.9. The van der Waals surface area contributed by atoms with Crippen LogP contribution in [0.3, 0.4) is 0 Å². The zero-order valence-corrected chi connectivity index (χ0v) is 16.4. The van der Waals surface area contributed by atoms with Gasteiger partial charge in [-0.25, -0.2) is 8.78 Å². The van der Waals surface area contributed by atoms with Crippen molar-refractivity contribution in [2.45, 2.75) is 39.7 Å². The van der Waals surface area contributed by atoms with Gasteiger partial charge in [0, 0.05) is 31.7 Å². The number of carbonyl (C=O) groups excluding carboxylic acids is 1. The SMILES string of the molecule is CC(C)CNC(=O)CN1CC[C@@]2(CCCN(Cc3cccc(F)c3F)C2)C1. The molecule has 1 spiro atoms. The second-order valence-corrected chi connectivity index (χ2v) is 8.69. The molecule has 2 fully saturated rings. The van der Waals surface area contributed by atoms with Gasteiger partial charge in [0.2, 0.25) is 5.91 Å². The second kappa shape index (κ2) is 8.65. The molecule has 0 radical (unpaired) electrons. The molecule has 0 bridgehead atoms. The number of halogens is 2. The van der Waals surface area contributed by atoms with Crippen molar-refractivity contribution in [3.63, 3.8) is 0 Å². The molecule has 150 valence electrons. The topological polar surface area (TPSA) is 35.6 Å². The van der Waals surface area contributed by atoms with Crippen molar-refractivity contribution in [1.29, 1.82) is 0 Å². The van der Waals surface area contributed by atoms with Gasteiger partial charge in [-0.05, 0) is 49.8 Å². The van der Waals surface area contributed by atoms with E-state index in [1.54, 1.807) is 12.1 Å². The summed E-state index contributed by atoms with van der Waals surface area (Å²) in [7, 11) is 0. The van der Waals surface area contributed by atoms with Gasteiger partial charge in [-0.3, -0.25) is 14.6 Å². The summed E-state index contributed by atoms with van der Waals surface area (Å²) in [6.07, 6.45) is 3.26. The van der Waals surface area contributed by atoms with Gasteiger partial charge in [-0.1, -0.05) is 26.0 Å². The predicted octanol–water partition coefficient (Wildman–Crippen LogP) is 3.02. The molecular formula is C21H31F2N3O. The number of piperidine rings is 1. The third-order valence-corrected chi connectivity index (χ3v) is 5.76. The zero-order chi connectivity index (χ0) is 19.4. The van der Waals surface area contributed by atoms with Crippen molar-refractivity contribution in [3.05, 3.63) is 35.4 Å². The van der Waals surface area contributed by atoms with E-state index in [-0.39, 0.29) is 11.3 Å². The lowest BCUT2D eigenvalue weighted by Gasteiger charge is -2.40. The molecule has 1 aromatic carbocycles. The summed E-state index contributed by atoms with van der Waals surface area (Å²) in [4.78, 5) is 16.6.